The summed E-state index contributed by atoms with van der Waals surface area (Å²) in [6.45, 7) is 2.51. The first kappa shape index (κ1) is 26.5. The molecule has 1 atom stereocenters. The van der Waals surface area contributed by atoms with E-state index in [1.54, 1.807) is 0 Å². The molecule has 0 aliphatic carbocycles. The highest BCUT2D eigenvalue weighted by Crippen LogP contribution is 2.34. The number of aliphatic hydroxyl groups is 2. The van der Waals surface area contributed by atoms with Crippen molar-refractivity contribution < 1.29 is 28.2 Å². The number of aromatic nitrogens is 1. The predicted molar refractivity (Wildman–Crippen MR) is 139 cm³/mol. The van der Waals surface area contributed by atoms with Gasteiger partial charge in [0, 0.05) is 42.8 Å². The molecule has 2 fully saturated rings. The molecular weight excluding hydrogens is 495 g/mol. The number of nitrogens with one attached hydrogen (secondary N) is 1. The van der Waals surface area contributed by atoms with Gasteiger partial charge in [-0.05, 0) is 80.1 Å². The van der Waals surface area contributed by atoms with Gasteiger partial charge in [-0.1, -0.05) is 18.2 Å². The second-order valence-corrected chi connectivity index (χ2v) is 10.4. The van der Waals surface area contributed by atoms with E-state index in [4.69, 9.17) is 0 Å². The summed E-state index contributed by atoms with van der Waals surface area (Å²) in [6, 6.07) is 9.92. The van der Waals surface area contributed by atoms with E-state index in [0.717, 1.165) is 43.6 Å². The number of rotatable bonds is 6. The maximum absolute atomic E-state index is 13.4. The van der Waals surface area contributed by atoms with Gasteiger partial charge in [-0.3, -0.25) is 4.79 Å². The zero-order valence-electron chi connectivity index (χ0n) is 21.0. The normalized spacial score (nSPS) is 19.9. The van der Waals surface area contributed by atoms with Gasteiger partial charge in [-0.2, -0.15) is 0 Å². The molecular formula is C29H32F3N3O3. The molecule has 3 N–H and O–H groups in total. The van der Waals surface area contributed by atoms with Gasteiger partial charge in [-0.15, -0.1) is 0 Å². The van der Waals surface area contributed by atoms with Gasteiger partial charge in [-0.25, -0.2) is 13.2 Å². The lowest BCUT2D eigenvalue weighted by atomic mass is 9.84. The van der Waals surface area contributed by atoms with Crippen molar-refractivity contribution in [3.05, 3.63) is 77.2 Å². The second kappa shape index (κ2) is 10.9. The third-order valence-corrected chi connectivity index (χ3v) is 8.07. The summed E-state index contributed by atoms with van der Waals surface area (Å²) in [6.07, 6.45) is 5.95. The van der Waals surface area contributed by atoms with Crippen LogP contribution in [-0.4, -0.2) is 75.3 Å². The third kappa shape index (κ3) is 5.50. The number of amides is 1. The summed E-state index contributed by atoms with van der Waals surface area (Å²) in [4.78, 5) is 19.6. The number of fused-ring (bicyclic) bond motifs is 1. The molecule has 38 heavy (non-hydrogen) atoms. The van der Waals surface area contributed by atoms with Crippen molar-refractivity contribution in [3.63, 3.8) is 0 Å². The number of aliphatic hydroxyl groups excluding tert-OH is 1. The average molecular weight is 528 g/mol. The van der Waals surface area contributed by atoms with E-state index in [2.05, 4.69) is 34.3 Å². The van der Waals surface area contributed by atoms with Crippen LogP contribution in [0.4, 0.5) is 13.2 Å². The number of carbonyl (C=O) groups excluding carboxylic acids is 1. The van der Waals surface area contributed by atoms with Crippen LogP contribution in [0.25, 0.3) is 17.0 Å². The Bertz CT molecular complexity index is 1300. The summed E-state index contributed by atoms with van der Waals surface area (Å²) >= 11 is 0. The van der Waals surface area contributed by atoms with Gasteiger partial charge in [0.25, 0.3) is 0 Å². The minimum absolute atomic E-state index is 0.0344. The molecule has 0 saturated carbocycles. The third-order valence-electron chi connectivity index (χ3n) is 8.07. The fourth-order valence-electron chi connectivity index (χ4n) is 5.66. The Kier molecular flexibility index (Phi) is 7.61. The number of nitrogens with zero attached hydrogens (tertiary/aromatic N) is 2. The maximum atomic E-state index is 13.4. The molecule has 3 heterocycles. The molecule has 0 bridgehead atoms. The van der Waals surface area contributed by atoms with Crippen LogP contribution in [0, 0.1) is 17.5 Å². The van der Waals surface area contributed by atoms with Crippen molar-refractivity contribution >= 4 is 22.9 Å². The summed E-state index contributed by atoms with van der Waals surface area (Å²) in [5.74, 6) is -4.13. The monoisotopic (exact) mass is 527 g/mol. The minimum Gasteiger partial charge on any atom is -0.389 e. The molecule has 1 aromatic heterocycles. The maximum Gasteiger partial charge on any atom is 0.246 e. The standard InChI is InChI=1S/C29H32F3N3O3/c30-23-15-19(16-24(31)28(23)32)5-6-27(37)35-13-9-29(38,10-14-35)26(36)18-34-11-7-20(8-12-34)22-17-33-25-4-2-1-3-21(22)25/h1-6,15-17,20,26,33,36,38H,7-14,18H2. The minimum atomic E-state index is -1.55. The number of para-hydroxylation sites is 1. The highest BCUT2D eigenvalue weighted by Gasteiger charge is 2.40. The van der Waals surface area contributed by atoms with E-state index in [1.807, 2.05) is 6.07 Å². The number of halogens is 3. The molecule has 2 saturated heterocycles. The number of hydrogen-bond donors (Lipinski definition) is 3. The molecule has 1 unspecified atom stereocenters. The fourth-order valence-corrected chi connectivity index (χ4v) is 5.66. The van der Waals surface area contributed by atoms with Crippen molar-refractivity contribution in [2.24, 2.45) is 0 Å². The lowest BCUT2D eigenvalue weighted by molar-refractivity contribution is -0.140. The van der Waals surface area contributed by atoms with Gasteiger partial charge in [0.2, 0.25) is 5.91 Å². The van der Waals surface area contributed by atoms with Gasteiger partial charge in [0.1, 0.15) is 0 Å². The molecule has 9 heteroatoms. The molecule has 202 valence electrons. The summed E-state index contributed by atoms with van der Waals surface area (Å²) in [7, 11) is 0. The molecule has 5 rings (SSSR count). The van der Waals surface area contributed by atoms with Crippen LogP contribution in [-0.2, 0) is 4.79 Å². The van der Waals surface area contributed by atoms with Crippen LogP contribution in [0.5, 0.6) is 0 Å². The van der Waals surface area contributed by atoms with Crippen LogP contribution >= 0.6 is 0 Å². The van der Waals surface area contributed by atoms with Crippen LogP contribution < -0.4 is 0 Å². The van der Waals surface area contributed by atoms with E-state index in [1.165, 1.54) is 28.0 Å². The van der Waals surface area contributed by atoms with Crippen LogP contribution in [0.15, 0.2) is 48.7 Å². The SMILES string of the molecule is O=C(C=Cc1cc(F)c(F)c(F)c1)N1CCC(O)(C(O)CN2CCC(c3c[nH]c4ccccc34)CC2)CC1. The molecule has 0 spiro atoms. The molecule has 2 aliphatic heterocycles. The number of likely N-dealkylation sites (tertiary alicyclic amines) is 2. The van der Waals surface area contributed by atoms with Crippen LogP contribution in [0.1, 0.15) is 42.7 Å². The molecule has 2 aromatic carbocycles. The fraction of sp³-hybridized carbons (Fsp3) is 0.414. The van der Waals surface area contributed by atoms with Crippen molar-refractivity contribution in [2.75, 3.05) is 32.7 Å². The van der Waals surface area contributed by atoms with Crippen LogP contribution in [0.2, 0.25) is 0 Å². The highest BCUT2D eigenvalue weighted by atomic mass is 19.2. The Morgan fingerprint density at radius 1 is 1.08 bits per heavy atom. The highest BCUT2D eigenvalue weighted by molar-refractivity contribution is 5.91. The molecule has 6 nitrogen and oxygen atoms in total. The number of carbonyl (C=O) groups is 1. The first-order valence-electron chi connectivity index (χ1n) is 13.0. The van der Waals surface area contributed by atoms with E-state index >= 15 is 0 Å². The number of aromatic amines is 1. The first-order chi connectivity index (χ1) is 18.2. The predicted octanol–water partition coefficient (Wildman–Crippen LogP) is 4.19. The number of benzene rings is 2. The van der Waals surface area contributed by atoms with Crippen molar-refractivity contribution in [2.45, 2.75) is 43.3 Å². The topological polar surface area (TPSA) is 79.8 Å². The van der Waals surface area contributed by atoms with Crippen molar-refractivity contribution in [3.8, 4) is 0 Å². The van der Waals surface area contributed by atoms with Crippen molar-refractivity contribution in [1.29, 1.82) is 0 Å². The summed E-state index contributed by atoms with van der Waals surface area (Å²) in [5.41, 5.74) is 1.21. The van der Waals surface area contributed by atoms with E-state index in [9.17, 15) is 28.2 Å². The van der Waals surface area contributed by atoms with Gasteiger partial charge >= 0.3 is 0 Å². The molecule has 2 aliphatic rings. The van der Waals surface area contributed by atoms with Gasteiger partial charge in [0.05, 0.1) is 11.7 Å². The Balaban J connectivity index is 1.10. The number of β-amino-alcohol motifs (C(OH)–C–C–N with tert-alkyl or cyclic N) is 1. The Hall–Kier alpha value is -3.14. The quantitative estimate of drug-likeness (QED) is 0.332. The molecule has 1 amide bonds. The van der Waals surface area contributed by atoms with E-state index < -0.39 is 29.2 Å². The Morgan fingerprint density at radius 2 is 1.74 bits per heavy atom. The lowest BCUT2D eigenvalue weighted by Crippen LogP contribution is -2.56. The van der Waals surface area contributed by atoms with Crippen LogP contribution in [0.3, 0.4) is 0 Å². The Labute approximate surface area is 219 Å². The van der Waals surface area contributed by atoms with Gasteiger partial charge < -0.3 is 25.0 Å². The lowest BCUT2D eigenvalue weighted by Gasteiger charge is -2.43. The van der Waals surface area contributed by atoms with Crippen molar-refractivity contribution in [1.82, 2.24) is 14.8 Å². The summed E-state index contributed by atoms with van der Waals surface area (Å²) in [5, 5.41) is 23.3. The summed E-state index contributed by atoms with van der Waals surface area (Å²) < 4.78 is 39.9. The number of piperidine rings is 2. The molecule has 3 aromatic rings. The first-order valence-corrected chi connectivity index (χ1v) is 13.0. The second-order valence-electron chi connectivity index (χ2n) is 10.4. The van der Waals surface area contributed by atoms with E-state index in [0.29, 0.717) is 12.5 Å². The zero-order chi connectivity index (χ0) is 26.9. The number of H-pyrrole nitrogens is 1. The van der Waals surface area contributed by atoms with E-state index in [-0.39, 0.29) is 37.4 Å². The largest absolute Gasteiger partial charge is 0.389 e. The smallest absolute Gasteiger partial charge is 0.246 e. The number of hydrogen-bond acceptors (Lipinski definition) is 4. The zero-order valence-corrected chi connectivity index (χ0v) is 21.0. The average Bonchev–Trinajstić information content (AvgIpc) is 3.35. The Morgan fingerprint density at radius 3 is 2.42 bits per heavy atom. The van der Waals surface area contributed by atoms with Gasteiger partial charge in [0.15, 0.2) is 17.5 Å². The molecule has 0 radical (unpaired) electrons.